The topological polar surface area (TPSA) is 88.2 Å². The fourth-order valence-corrected chi connectivity index (χ4v) is 3.46. The smallest absolute Gasteiger partial charge is 0.255 e. The van der Waals surface area contributed by atoms with E-state index in [0.29, 0.717) is 17.8 Å². The Morgan fingerprint density at radius 2 is 1.72 bits per heavy atom. The van der Waals surface area contributed by atoms with E-state index in [9.17, 15) is 13.2 Å². The molecule has 0 radical (unpaired) electrons. The van der Waals surface area contributed by atoms with E-state index in [4.69, 9.17) is 0 Å². The molecule has 1 amide bonds. The number of carbonyl (C=O) groups excluding carboxylic acids is 1. The molecule has 0 spiro atoms. The van der Waals surface area contributed by atoms with Crippen LogP contribution in [0.4, 0.5) is 5.69 Å². The minimum Gasteiger partial charge on any atom is -0.346 e. The Kier molecular flexibility index (Phi) is 6.41. The van der Waals surface area contributed by atoms with Crippen LogP contribution >= 0.6 is 0 Å². The number of benzene rings is 2. The zero-order valence-electron chi connectivity index (χ0n) is 15.9. The van der Waals surface area contributed by atoms with Gasteiger partial charge in [-0.25, -0.2) is 8.42 Å². The first kappa shape index (κ1) is 20.3. The predicted molar refractivity (Wildman–Crippen MR) is 115 cm³/mol. The van der Waals surface area contributed by atoms with E-state index in [1.165, 1.54) is 6.08 Å². The summed E-state index contributed by atoms with van der Waals surface area (Å²) < 4.78 is 26.9. The molecule has 0 saturated carbocycles. The molecule has 29 heavy (non-hydrogen) atoms. The number of nitrogens with zero attached hydrogens (tertiary/aromatic N) is 1. The lowest BCUT2D eigenvalue weighted by atomic mass is 10.2. The van der Waals surface area contributed by atoms with Gasteiger partial charge in [0.1, 0.15) is 0 Å². The highest BCUT2D eigenvalue weighted by molar-refractivity contribution is 7.95. The fourth-order valence-electron chi connectivity index (χ4n) is 2.59. The number of rotatable bonds is 7. The van der Waals surface area contributed by atoms with Crippen molar-refractivity contribution in [2.75, 3.05) is 4.72 Å². The van der Waals surface area contributed by atoms with E-state index in [1.807, 2.05) is 49.4 Å². The van der Waals surface area contributed by atoms with Crippen molar-refractivity contribution in [3.8, 4) is 0 Å². The van der Waals surface area contributed by atoms with Gasteiger partial charge in [-0.3, -0.25) is 14.5 Å². The van der Waals surface area contributed by atoms with Gasteiger partial charge in [0.2, 0.25) is 0 Å². The number of amides is 1. The molecule has 148 valence electrons. The Morgan fingerprint density at radius 3 is 2.41 bits per heavy atom. The number of anilines is 1. The number of aryl methyl sites for hydroxylation is 1. The van der Waals surface area contributed by atoms with Crippen molar-refractivity contribution in [2.24, 2.45) is 0 Å². The van der Waals surface area contributed by atoms with Crippen molar-refractivity contribution in [1.29, 1.82) is 0 Å². The van der Waals surface area contributed by atoms with Crippen LogP contribution in [0.2, 0.25) is 0 Å². The summed E-state index contributed by atoms with van der Waals surface area (Å²) >= 11 is 0. The van der Waals surface area contributed by atoms with Gasteiger partial charge in [0.25, 0.3) is 15.9 Å². The first-order chi connectivity index (χ1) is 13.9. The molecule has 2 aromatic carbocycles. The minimum absolute atomic E-state index is 0.256. The van der Waals surface area contributed by atoms with E-state index in [1.54, 1.807) is 30.5 Å². The predicted octanol–water partition coefficient (Wildman–Crippen LogP) is 3.73. The fraction of sp³-hybridized carbons (Fsp3) is 0.0909. The molecule has 2 N–H and O–H groups in total. The molecule has 0 unspecified atom stereocenters. The highest BCUT2D eigenvalue weighted by Gasteiger charge is 2.09. The number of aromatic nitrogens is 1. The maximum Gasteiger partial charge on any atom is 0.255 e. The Morgan fingerprint density at radius 1 is 1.00 bits per heavy atom. The molecule has 1 heterocycles. The third-order valence-corrected chi connectivity index (χ3v) is 5.20. The summed E-state index contributed by atoms with van der Waals surface area (Å²) in [5.41, 5.74) is 3.39. The van der Waals surface area contributed by atoms with Gasteiger partial charge in [-0.05, 0) is 54.5 Å². The van der Waals surface area contributed by atoms with E-state index >= 15 is 0 Å². The van der Waals surface area contributed by atoms with Crippen LogP contribution in [0.5, 0.6) is 0 Å². The number of nitrogens with one attached hydrogen (secondary N) is 2. The van der Waals surface area contributed by atoms with Crippen molar-refractivity contribution in [3.05, 3.63) is 101 Å². The van der Waals surface area contributed by atoms with Gasteiger partial charge in [0.15, 0.2) is 0 Å². The Hall–Kier alpha value is -3.45. The molecule has 0 saturated heterocycles. The van der Waals surface area contributed by atoms with Gasteiger partial charge in [-0.1, -0.05) is 36.4 Å². The van der Waals surface area contributed by atoms with Crippen molar-refractivity contribution < 1.29 is 13.2 Å². The molecule has 0 aliphatic carbocycles. The van der Waals surface area contributed by atoms with E-state index < -0.39 is 10.0 Å². The second-order valence-corrected chi connectivity index (χ2v) is 7.95. The molecule has 3 rings (SSSR count). The average Bonchev–Trinajstić information content (AvgIpc) is 2.73. The molecule has 0 atom stereocenters. The van der Waals surface area contributed by atoms with E-state index in [2.05, 4.69) is 15.0 Å². The van der Waals surface area contributed by atoms with Crippen molar-refractivity contribution in [1.82, 2.24) is 10.3 Å². The lowest BCUT2D eigenvalue weighted by Gasteiger charge is -2.08. The van der Waals surface area contributed by atoms with Crippen molar-refractivity contribution in [3.63, 3.8) is 0 Å². The molecule has 0 aliphatic rings. The van der Waals surface area contributed by atoms with Crippen LogP contribution in [0, 0.1) is 6.92 Å². The number of hydrogen-bond acceptors (Lipinski definition) is 4. The van der Waals surface area contributed by atoms with Gasteiger partial charge < -0.3 is 5.32 Å². The summed E-state index contributed by atoms with van der Waals surface area (Å²) in [4.78, 5) is 16.5. The molecule has 1 aromatic heterocycles. The third kappa shape index (κ3) is 6.02. The number of sulfonamides is 1. The Labute approximate surface area is 170 Å². The third-order valence-electron chi connectivity index (χ3n) is 4.18. The summed E-state index contributed by atoms with van der Waals surface area (Å²) in [5.74, 6) is -0.256. The normalized spacial score (nSPS) is 11.3. The maximum atomic E-state index is 12.3. The largest absolute Gasteiger partial charge is 0.346 e. The van der Waals surface area contributed by atoms with Gasteiger partial charge in [0, 0.05) is 17.4 Å². The highest BCUT2D eigenvalue weighted by Crippen LogP contribution is 2.13. The molecule has 0 bridgehead atoms. The number of hydrogen-bond donors (Lipinski definition) is 2. The van der Waals surface area contributed by atoms with Crippen LogP contribution in [0.1, 0.15) is 27.2 Å². The summed E-state index contributed by atoms with van der Waals surface area (Å²) in [7, 11) is -3.66. The van der Waals surface area contributed by atoms with Gasteiger partial charge in [0.05, 0.1) is 17.6 Å². The van der Waals surface area contributed by atoms with Gasteiger partial charge >= 0.3 is 0 Å². The van der Waals surface area contributed by atoms with E-state index in [-0.39, 0.29) is 5.91 Å². The summed E-state index contributed by atoms with van der Waals surface area (Å²) in [5, 5.41) is 3.92. The highest BCUT2D eigenvalue weighted by atomic mass is 32.2. The minimum atomic E-state index is -3.66. The Balaban J connectivity index is 1.60. The molecule has 7 heteroatoms. The zero-order chi connectivity index (χ0) is 20.7. The second-order valence-electron chi connectivity index (χ2n) is 6.39. The second kappa shape index (κ2) is 9.16. The summed E-state index contributed by atoms with van der Waals surface area (Å²) in [6.07, 6.45) is 3.20. The lowest BCUT2D eigenvalue weighted by Crippen LogP contribution is -2.23. The molecular weight excluding hydrogens is 386 g/mol. The van der Waals surface area contributed by atoms with E-state index in [0.717, 1.165) is 22.2 Å². The molecule has 0 aliphatic heterocycles. The molecular formula is C22H21N3O3S. The average molecular weight is 407 g/mol. The lowest BCUT2D eigenvalue weighted by molar-refractivity contribution is 0.0950. The first-order valence-corrected chi connectivity index (χ1v) is 10.5. The first-order valence-electron chi connectivity index (χ1n) is 8.98. The number of carbonyl (C=O) groups is 1. The van der Waals surface area contributed by atoms with Crippen LogP contribution in [-0.4, -0.2) is 19.3 Å². The van der Waals surface area contributed by atoms with Crippen LogP contribution in [0.15, 0.2) is 78.3 Å². The van der Waals surface area contributed by atoms with Crippen LogP contribution in [0.25, 0.3) is 6.08 Å². The number of pyridine rings is 1. The van der Waals surface area contributed by atoms with Crippen LogP contribution in [-0.2, 0) is 16.6 Å². The molecule has 0 fully saturated rings. The van der Waals surface area contributed by atoms with Crippen molar-refractivity contribution in [2.45, 2.75) is 13.5 Å². The maximum absolute atomic E-state index is 12.3. The molecule has 3 aromatic rings. The van der Waals surface area contributed by atoms with Gasteiger partial charge in [-0.15, -0.1) is 0 Å². The quantitative estimate of drug-likeness (QED) is 0.625. The zero-order valence-corrected chi connectivity index (χ0v) is 16.7. The Bertz CT molecular complexity index is 1110. The van der Waals surface area contributed by atoms with Crippen molar-refractivity contribution >= 4 is 27.7 Å². The van der Waals surface area contributed by atoms with Crippen LogP contribution < -0.4 is 10.0 Å². The summed E-state index contributed by atoms with van der Waals surface area (Å²) in [6, 6.07) is 19.2. The monoisotopic (exact) mass is 407 g/mol. The molecule has 6 nitrogen and oxygen atoms in total. The SMILES string of the molecule is Cc1cccnc1CNC(=O)c1ccc(NS(=O)(=O)C=Cc2ccccc2)cc1. The van der Waals surface area contributed by atoms with Gasteiger partial charge in [-0.2, -0.15) is 0 Å². The standard InChI is InChI=1S/C22H21N3O3S/c1-17-6-5-14-23-21(17)16-24-22(26)19-9-11-20(12-10-19)25-29(27,28)15-13-18-7-3-2-4-8-18/h2-15,25H,16H2,1H3,(H,24,26). The summed E-state index contributed by atoms with van der Waals surface area (Å²) in [6.45, 7) is 2.26. The van der Waals surface area contributed by atoms with Crippen LogP contribution in [0.3, 0.4) is 0 Å².